The average Bonchev–Trinajstić information content (AvgIpc) is 2.59. The minimum absolute atomic E-state index is 0. The maximum atomic E-state index is 12.4. The number of carbonyl (C=O) groups excluding carboxylic acids is 1. The second kappa shape index (κ2) is 8.18. The molecule has 2 aromatic rings. The Morgan fingerprint density at radius 2 is 2.00 bits per heavy atom. The van der Waals surface area contributed by atoms with Gasteiger partial charge in [-0.05, 0) is 42.3 Å². The van der Waals surface area contributed by atoms with Gasteiger partial charge in [0.15, 0.2) is 0 Å². The van der Waals surface area contributed by atoms with Crippen molar-refractivity contribution in [2.24, 2.45) is 0 Å². The number of anilines is 1. The van der Waals surface area contributed by atoms with E-state index in [9.17, 15) is 4.79 Å². The van der Waals surface area contributed by atoms with Crippen molar-refractivity contribution in [1.82, 2.24) is 10.6 Å². The molecular formula is C19H24ClN3O. The van der Waals surface area contributed by atoms with Crippen LogP contribution in [0.2, 0.25) is 0 Å². The summed E-state index contributed by atoms with van der Waals surface area (Å²) in [6.45, 7) is 1.55. The standard InChI is InChI=1S/C19H23N3O.ClH/c1-22(2)16-8-5-7-15(12-16)19(23)21-13-18-17-9-4-3-6-14(17)10-11-20-18;/h3-9,12,18,20H,10-11,13H2,1-2H3,(H,21,23);1H. The van der Waals surface area contributed by atoms with Crippen LogP contribution in [0, 0.1) is 0 Å². The van der Waals surface area contributed by atoms with Crippen molar-refractivity contribution in [1.29, 1.82) is 0 Å². The molecule has 4 nitrogen and oxygen atoms in total. The molecule has 128 valence electrons. The molecule has 1 heterocycles. The Kier molecular flexibility index (Phi) is 6.23. The fourth-order valence-electron chi connectivity index (χ4n) is 3.00. The summed E-state index contributed by atoms with van der Waals surface area (Å²) >= 11 is 0. The number of nitrogens with zero attached hydrogens (tertiary/aromatic N) is 1. The molecule has 0 bridgehead atoms. The van der Waals surface area contributed by atoms with Crippen molar-refractivity contribution in [3.63, 3.8) is 0 Å². The van der Waals surface area contributed by atoms with Gasteiger partial charge < -0.3 is 15.5 Å². The number of nitrogens with one attached hydrogen (secondary N) is 2. The molecule has 24 heavy (non-hydrogen) atoms. The lowest BCUT2D eigenvalue weighted by atomic mass is 9.94. The van der Waals surface area contributed by atoms with Crippen LogP contribution in [0.4, 0.5) is 5.69 Å². The molecule has 0 fully saturated rings. The van der Waals surface area contributed by atoms with Gasteiger partial charge in [-0.15, -0.1) is 12.4 Å². The summed E-state index contributed by atoms with van der Waals surface area (Å²) in [5.41, 5.74) is 4.39. The molecule has 3 rings (SSSR count). The molecule has 1 amide bonds. The predicted octanol–water partition coefficient (Wildman–Crippen LogP) is 2.79. The summed E-state index contributed by atoms with van der Waals surface area (Å²) in [4.78, 5) is 14.4. The first-order chi connectivity index (χ1) is 11.1. The van der Waals surface area contributed by atoms with Crippen molar-refractivity contribution in [2.45, 2.75) is 12.5 Å². The zero-order valence-electron chi connectivity index (χ0n) is 14.1. The van der Waals surface area contributed by atoms with E-state index in [0.29, 0.717) is 12.1 Å². The molecule has 5 heteroatoms. The normalized spacial score (nSPS) is 15.8. The molecule has 0 saturated heterocycles. The second-order valence-corrected chi connectivity index (χ2v) is 6.11. The summed E-state index contributed by atoms with van der Waals surface area (Å²) < 4.78 is 0. The van der Waals surface area contributed by atoms with Gasteiger partial charge in [0.2, 0.25) is 0 Å². The first kappa shape index (κ1) is 18.3. The molecule has 1 unspecified atom stereocenters. The molecule has 2 N–H and O–H groups in total. The minimum Gasteiger partial charge on any atom is -0.378 e. The van der Waals surface area contributed by atoms with E-state index in [4.69, 9.17) is 0 Å². The number of hydrogen-bond donors (Lipinski definition) is 2. The summed E-state index contributed by atoms with van der Waals surface area (Å²) in [6.07, 6.45) is 1.05. The van der Waals surface area contributed by atoms with Crippen molar-refractivity contribution in [3.8, 4) is 0 Å². The Morgan fingerprint density at radius 1 is 1.21 bits per heavy atom. The van der Waals surface area contributed by atoms with Crippen molar-refractivity contribution >= 4 is 24.0 Å². The first-order valence-corrected chi connectivity index (χ1v) is 8.02. The second-order valence-electron chi connectivity index (χ2n) is 6.11. The molecule has 0 radical (unpaired) electrons. The van der Waals surface area contributed by atoms with Crippen LogP contribution < -0.4 is 15.5 Å². The highest BCUT2D eigenvalue weighted by Crippen LogP contribution is 2.22. The molecule has 0 aromatic heterocycles. The zero-order valence-corrected chi connectivity index (χ0v) is 14.9. The number of benzene rings is 2. The lowest BCUT2D eigenvalue weighted by molar-refractivity contribution is 0.0949. The molecule has 0 spiro atoms. The van der Waals surface area contributed by atoms with Crippen molar-refractivity contribution in [2.75, 3.05) is 32.1 Å². The van der Waals surface area contributed by atoms with Gasteiger partial charge in [0, 0.05) is 37.9 Å². The van der Waals surface area contributed by atoms with Crippen LogP contribution in [0.3, 0.4) is 0 Å². The van der Waals surface area contributed by atoms with E-state index in [1.807, 2.05) is 43.3 Å². The van der Waals surface area contributed by atoms with Crippen LogP contribution in [0.1, 0.15) is 27.5 Å². The van der Waals surface area contributed by atoms with Crippen LogP contribution in [0.15, 0.2) is 48.5 Å². The van der Waals surface area contributed by atoms with Crippen LogP contribution in [-0.4, -0.2) is 33.1 Å². The third-order valence-corrected chi connectivity index (χ3v) is 4.31. The van der Waals surface area contributed by atoms with Gasteiger partial charge in [0.1, 0.15) is 0 Å². The first-order valence-electron chi connectivity index (χ1n) is 8.02. The van der Waals surface area contributed by atoms with Crippen LogP contribution >= 0.6 is 12.4 Å². The smallest absolute Gasteiger partial charge is 0.251 e. The zero-order chi connectivity index (χ0) is 16.2. The van der Waals surface area contributed by atoms with E-state index in [2.05, 4.69) is 34.9 Å². The Hall–Kier alpha value is -2.04. The van der Waals surface area contributed by atoms with Crippen LogP contribution in [0.5, 0.6) is 0 Å². The summed E-state index contributed by atoms with van der Waals surface area (Å²) in [5, 5.41) is 6.54. The molecule has 1 aliphatic heterocycles. The third kappa shape index (κ3) is 4.08. The van der Waals surface area contributed by atoms with E-state index in [-0.39, 0.29) is 24.4 Å². The monoisotopic (exact) mass is 345 g/mol. The van der Waals surface area contributed by atoms with E-state index in [1.165, 1.54) is 11.1 Å². The Morgan fingerprint density at radius 3 is 2.79 bits per heavy atom. The highest BCUT2D eigenvalue weighted by Gasteiger charge is 2.19. The fourth-order valence-corrected chi connectivity index (χ4v) is 3.00. The van der Waals surface area contributed by atoms with E-state index >= 15 is 0 Å². The maximum Gasteiger partial charge on any atom is 0.251 e. The Balaban J connectivity index is 0.00000208. The Bertz CT molecular complexity index is 703. The maximum absolute atomic E-state index is 12.4. The van der Waals surface area contributed by atoms with E-state index in [0.717, 1.165) is 18.7 Å². The lowest BCUT2D eigenvalue weighted by Gasteiger charge is -2.27. The SMILES string of the molecule is CN(C)c1cccc(C(=O)NCC2NCCc3ccccc32)c1.Cl. The molecule has 2 aromatic carbocycles. The molecule has 0 saturated carbocycles. The number of amides is 1. The van der Waals surface area contributed by atoms with Gasteiger partial charge in [-0.25, -0.2) is 0 Å². The molecule has 0 aliphatic carbocycles. The Labute approximate surface area is 149 Å². The topological polar surface area (TPSA) is 44.4 Å². The van der Waals surface area contributed by atoms with Crippen LogP contribution in [0.25, 0.3) is 0 Å². The molecular weight excluding hydrogens is 322 g/mol. The molecule has 1 atom stereocenters. The average molecular weight is 346 g/mol. The number of carbonyl (C=O) groups is 1. The van der Waals surface area contributed by atoms with Crippen LogP contribution in [-0.2, 0) is 6.42 Å². The highest BCUT2D eigenvalue weighted by molar-refractivity contribution is 5.95. The summed E-state index contributed by atoms with van der Waals surface area (Å²) in [6, 6.07) is 16.3. The number of halogens is 1. The predicted molar refractivity (Wildman–Crippen MR) is 101 cm³/mol. The minimum atomic E-state index is -0.0291. The highest BCUT2D eigenvalue weighted by atomic mass is 35.5. The van der Waals surface area contributed by atoms with Gasteiger partial charge in [-0.3, -0.25) is 4.79 Å². The number of hydrogen-bond acceptors (Lipinski definition) is 3. The fraction of sp³-hybridized carbons (Fsp3) is 0.316. The van der Waals surface area contributed by atoms with E-state index in [1.54, 1.807) is 0 Å². The van der Waals surface area contributed by atoms with Crippen molar-refractivity contribution < 1.29 is 4.79 Å². The van der Waals surface area contributed by atoms with Gasteiger partial charge >= 0.3 is 0 Å². The van der Waals surface area contributed by atoms with Gasteiger partial charge in [0.05, 0.1) is 0 Å². The van der Waals surface area contributed by atoms with Gasteiger partial charge in [0.25, 0.3) is 5.91 Å². The van der Waals surface area contributed by atoms with Crippen molar-refractivity contribution in [3.05, 3.63) is 65.2 Å². The summed E-state index contributed by atoms with van der Waals surface area (Å²) in [7, 11) is 3.94. The molecule has 1 aliphatic rings. The lowest BCUT2D eigenvalue weighted by Crippen LogP contribution is -2.38. The number of rotatable bonds is 4. The van der Waals surface area contributed by atoms with Gasteiger partial charge in [-0.2, -0.15) is 0 Å². The number of fused-ring (bicyclic) bond motifs is 1. The largest absolute Gasteiger partial charge is 0.378 e. The quantitative estimate of drug-likeness (QED) is 0.895. The van der Waals surface area contributed by atoms with E-state index < -0.39 is 0 Å². The third-order valence-electron chi connectivity index (χ3n) is 4.31. The van der Waals surface area contributed by atoms with Gasteiger partial charge in [-0.1, -0.05) is 30.3 Å². The summed E-state index contributed by atoms with van der Waals surface area (Å²) in [5.74, 6) is -0.0291.